The second-order valence-electron chi connectivity index (χ2n) is 4.80. The quantitative estimate of drug-likeness (QED) is 0.409. The van der Waals surface area contributed by atoms with Gasteiger partial charge in [0.1, 0.15) is 0 Å². The fourth-order valence-electron chi connectivity index (χ4n) is 2.94. The summed E-state index contributed by atoms with van der Waals surface area (Å²) in [6, 6.07) is 19.2. The fourth-order valence-corrected chi connectivity index (χ4v) is 3.13. The van der Waals surface area contributed by atoms with E-state index < -0.39 is 0 Å². The zero-order valence-corrected chi connectivity index (χ0v) is 10.5. The Hall–Kier alpha value is -1.79. The normalized spacial score (nSPS) is 12.5. The highest BCUT2D eigenvalue weighted by Crippen LogP contribution is 2.41. The summed E-state index contributed by atoms with van der Waals surface area (Å²) in [7, 11) is 0. The third-order valence-corrected chi connectivity index (χ3v) is 3.97. The topological polar surface area (TPSA) is 0 Å². The Balaban J connectivity index is 2.12. The minimum atomic E-state index is 0.825. The van der Waals surface area contributed by atoms with Gasteiger partial charge in [0.2, 0.25) is 0 Å². The molecule has 0 spiro atoms. The van der Waals surface area contributed by atoms with E-state index in [1.54, 1.807) is 0 Å². The van der Waals surface area contributed by atoms with Crippen molar-refractivity contribution in [1.82, 2.24) is 0 Å². The van der Waals surface area contributed by atoms with Crippen molar-refractivity contribution in [3.8, 4) is 11.1 Å². The Morgan fingerprint density at radius 1 is 0.833 bits per heavy atom. The van der Waals surface area contributed by atoms with Crippen LogP contribution in [0.5, 0.6) is 0 Å². The van der Waals surface area contributed by atoms with Crippen molar-refractivity contribution in [2.45, 2.75) is 6.42 Å². The van der Waals surface area contributed by atoms with Crippen molar-refractivity contribution in [2.24, 2.45) is 0 Å². The molecule has 0 heterocycles. The van der Waals surface area contributed by atoms with Crippen LogP contribution in [0.15, 0.2) is 54.6 Å². The third kappa shape index (κ3) is 1.33. The monoisotopic (exact) mass is 250 g/mol. The molecule has 0 bridgehead atoms. The van der Waals surface area contributed by atoms with Crippen molar-refractivity contribution in [1.29, 1.82) is 0 Å². The summed E-state index contributed by atoms with van der Waals surface area (Å²) >= 11 is 6.08. The van der Waals surface area contributed by atoms with Crippen molar-refractivity contribution in [3.63, 3.8) is 0 Å². The summed E-state index contributed by atoms with van der Waals surface area (Å²) in [6.07, 6.45) is 0.996. The Kier molecular flexibility index (Phi) is 2.03. The lowest BCUT2D eigenvalue weighted by Crippen LogP contribution is -1.81. The lowest BCUT2D eigenvalue weighted by atomic mass is 9.98. The molecule has 0 atom stereocenters. The average Bonchev–Trinajstić information content (AvgIpc) is 2.76. The van der Waals surface area contributed by atoms with E-state index in [9.17, 15) is 0 Å². The number of hydrogen-bond donors (Lipinski definition) is 0. The molecule has 0 saturated heterocycles. The zero-order chi connectivity index (χ0) is 12.1. The maximum Gasteiger partial charge on any atom is 0.0409 e. The van der Waals surface area contributed by atoms with E-state index in [0.29, 0.717) is 0 Å². The molecule has 0 nitrogen and oxygen atoms in total. The second-order valence-corrected chi connectivity index (χ2v) is 5.24. The fraction of sp³-hybridized carbons (Fsp3) is 0.0588. The van der Waals surface area contributed by atoms with E-state index in [0.717, 1.165) is 11.4 Å². The van der Waals surface area contributed by atoms with E-state index in [1.807, 2.05) is 6.07 Å². The highest BCUT2D eigenvalue weighted by Gasteiger charge is 2.20. The Morgan fingerprint density at radius 2 is 1.72 bits per heavy atom. The molecule has 86 valence electrons. The van der Waals surface area contributed by atoms with Gasteiger partial charge in [0.15, 0.2) is 0 Å². The van der Waals surface area contributed by atoms with Crippen LogP contribution in [-0.4, -0.2) is 0 Å². The summed E-state index contributed by atoms with van der Waals surface area (Å²) in [5.41, 5.74) is 5.48. The molecular weight excluding hydrogens is 240 g/mol. The number of fused-ring (bicyclic) bond motifs is 5. The van der Waals surface area contributed by atoms with Crippen molar-refractivity contribution < 1.29 is 0 Å². The first-order chi connectivity index (χ1) is 8.83. The molecule has 0 saturated carbocycles. The molecule has 0 N–H and O–H groups in total. The predicted molar refractivity (Wildman–Crippen MR) is 77.2 cm³/mol. The van der Waals surface area contributed by atoms with Gasteiger partial charge in [-0.3, -0.25) is 0 Å². The highest BCUT2D eigenvalue weighted by molar-refractivity contribution is 6.30. The molecule has 0 aliphatic heterocycles. The largest absolute Gasteiger partial charge is 0.0843 e. The molecular formula is C17H11Cl. The summed E-state index contributed by atoms with van der Waals surface area (Å²) < 4.78 is 0. The number of rotatable bonds is 0. The Bertz CT molecular complexity index is 772. The number of halogens is 1. The molecule has 1 aliphatic rings. The first-order valence-electron chi connectivity index (χ1n) is 6.12. The SMILES string of the molecule is Clc1ccc2c(c1)Cc1ccc3ccccc3c1-2. The van der Waals surface area contributed by atoms with Crippen LogP contribution < -0.4 is 0 Å². The Labute approximate surface area is 111 Å². The number of hydrogen-bond acceptors (Lipinski definition) is 0. The van der Waals surface area contributed by atoms with Gasteiger partial charge in [-0.15, -0.1) is 0 Å². The molecule has 0 fully saturated rings. The lowest BCUT2D eigenvalue weighted by Gasteiger charge is -2.06. The highest BCUT2D eigenvalue weighted by atomic mass is 35.5. The lowest BCUT2D eigenvalue weighted by molar-refractivity contribution is 1.27. The van der Waals surface area contributed by atoms with E-state index in [-0.39, 0.29) is 0 Å². The summed E-state index contributed by atoms with van der Waals surface area (Å²) in [6.45, 7) is 0. The summed E-state index contributed by atoms with van der Waals surface area (Å²) in [4.78, 5) is 0. The molecule has 3 aromatic carbocycles. The van der Waals surface area contributed by atoms with Gasteiger partial charge in [-0.2, -0.15) is 0 Å². The predicted octanol–water partition coefficient (Wildman–Crippen LogP) is 5.06. The molecule has 0 amide bonds. The van der Waals surface area contributed by atoms with Gasteiger partial charge >= 0.3 is 0 Å². The van der Waals surface area contributed by atoms with Gasteiger partial charge in [0.25, 0.3) is 0 Å². The van der Waals surface area contributed by atoms with Crippen LogP contribution in [0.3, 0.4) is 0 Å². The molecule has 0 aromatic heterocycles. The van der Waals surface area contributed by atoms with E-state index in [1.165, 1.54) is 33.0 Å². The van der Waals surface area contributed by atoms with Crippen LogP contribution in [-0.2, 0) is 6.42 Å². The first-order valence-corrected chi connectivity index (χ1v) is 6.50. The summed E-state index contributed by atoms with van der Waals surface area (Å²) in [5, 5.41) is 3.47. The molecule has 1 heteroatoms. The standard InChI is InChI=1S/C17H11Cl/c18-14-7-8-16-13(10-14)9-12-6-5-11-3-1-2-4-15(11)17(12)16/h1-8,10H,9H2. The van der Waals surface area contributed by atoms with Gasteiger partial charge < -0.3 is 0 Å². The van der Waals surface area contributed by atoms with Gasteiger partial charge in [0, 0.05) is 5.02 Å². The molecule has 4 rings (SSSR count). The Morgan fingerprint density at radius 3 is 2.67 bits per heavy atom. The molecule has 0 unspecified atom stereocenters. The third-order valence-electron chi connectivity index (χ3n) is 3.73. The first kappa shape index (κ1) is 10.2. The smallest absolute Gasteiger partial charge is 0.0409 e. The molecule has 1 aliphatic carbocycles. The van der Waals surface area contributed by atoms with Crippen molar-refractivity contribution >= 4 is 22.4 Å². The second kappa shape index (κ2) is 3.60. The van der Waals surface area contributed by atoms with Crippen LogP contribution in [0.4, 0.5) is 0 Å². The molecule has 18 heavy (non-hydrogen) atoms. The maximum absolute atomic E-state index is 6.08. The van der Waals surface area contributed by atoms with Gasteiger partial charge in [-0.1, -0.05) is 54.1 Å². The van der Waals surface area contributed by atoms with Crippen LogP contribution in [0, 0.1) is 0 Å². The van der Waals surface area contributed by atoms with Crippen LogP contribution in [0.25, 0.3) is 21.9 Å². The zero-order valence-electron chi connectivity index (χ0n) is 9.78. The number of benzene rings is 3. The van der Waals surface area contributed by atoms with Crippen LogP contribution in [0.2, 0.25) is 5.02 Å². The van der Waals surface area contributed by atoms with Crippen molar-refractivity contribution in [3.05, 3.63) is 70.7 Å². The van der Waals surface area contributed by atoms with Gasteiger partial charge in [0.05, 0.1) is 0 Å². The van der Waals surface area contributed by atoms with Gasteiger partial charge in [-0.25, -0.2) is 0 Å². The minimum Gasteiger partial charge on any atom is -0.0843 e. The van der Waals surface area contributed by atoms with E-state index in [2.05, 4.69) is 48.5 Å². The maximum atomic E-state index is 6.08. The summed E-state index contributed by atoms with van der Waals surface area (Å²) in [5.74, 6) is 0. The molecule has 0 radical (unpaired) electrons. The van der Waals surface area contributed by atoms with Gasteiger partial charge in [-0.05, 0) is 51.6 Å². The van der Waals surface area contributed by atoms with E-state index >= 15 is 0 Å². The van der Waals surface area contributed by atoms with Crippen LogP contribution >= 0.6 is 11.6 Å². The van der Waals surface area contributed by atoms with Crippen LogP contribution in [0.1, 0.15) is 11.1 Å². The average molecular weight is 251 g/mol. The van der Waals surface area contributed by atoms with Crippen molar-refractivity contribution in [2.75, 3.05) is 0 Å². The van der Waals surface area contributed by atoms with E-state index in [4.69, 9.17) is 11.6 Å². The molecule has 3 aromatic rings. The minimum absolute atomic E-state index is 0.825.